The molecule has 0 fully saturated rings. The Kier molecular flexibility index (Phi) is 3.67. The van der Waals surface area contributed by atoms with Crippen LogP contribution in [0.4, 0.5) is 0 Å². The minimum atomic E-state index is 0.951. The Bertz CT molecular complexity index is 223. The third-order valence-corrected chi connectivity index (χ3v) is 2.60. The molecule has 1 aromatic heterocycles. The lowest BCUT2D eigenvalue weighted by Crippen LogP contribution is -2.15. The molecule has 0 saturated carbocycles. The van der Waals surface area contributed by atoms with Gasteiger partial charge >= 0.3 is 0 Å². The highest BCUT2D eigenvalue weighted by Crippen LogP contribution is 2.07. The van der Waals surface area contributed by atoms with Crippen molar-refractivity contribution >= 4 is 34.1 Å². The van der Waals surface area contributed by atoms with Crippen LogP contribution >= 0.6 is 34.1 Å². The van der Waals surface area contributed by atoms with Crippen LogP contribution in [0.1, 0.15) is 5.82 Å². The van der Waals surface area contributed by atoms with Crippen LogP contribution in [0.25, 0.3) is 0 Å². The largest absolute Gasteiger partial charge is 0.309 e. The molecule has 0 aliphatic carbocycles. The van der Waals surface area contributed by atoms with Crippen LogP contribution in [-0.2, 0) is 6.42 Å². The Morgan fingerprint density at radius 2 is 2.27 bits per heavy atom. The summed E-state index contributed by atoms with van der Waals surface area (Å²) >= 11 is 3.65. The molecule has 0 spiro atoms. The number of halogens is 1. The summed E-state index contributed by atoms with van der Waals surface area (Å²) in [4.78, 5) is 6.38. The molecule has 3 nitrogen and oxygen atoms in total. The van der Waals surface area contributed by atoms with Gasteiger partial charge in [0.2, 0.25) is 0 Å². The normalized spacial score (nSPS) is 10.9. The van der Waals surface area contributed by atoms with Gasteiger partial charge in [0, 0.05) is 13.0 Å². The number of aromatic nitrogens is 2. The van der Waals surface area contributed by atoms with Gasteiger partial charge < -0.3 is 4.90 Å². The fourth-order valence-corrected chi connectivity index (χ4v) is 1.69. The minimum Gasteiger partial charge on any atom is -0.309 e. The molecule has 0 unspecified atom stereocenters. The smallest absolute Gasteiger partial charge is 0.173 e. The summed E-state index contributed by atoms with van der Waals surface area (Å²) in [6.45, 7) is 1.02. The van der Waals surface area contributed by atoms with Crippen LogP contribution in [0.3, 0.4) is 0 Å². The van der Waals surface area contributed by atoms with Crippen molar-refractivity contribution in [2.75, 3.05) is 20.6 Å². The second kappa shape index (κ2) is 4.32. The average molecular weight is 283 g/mol. The summed E-state index contributed by atoms with van der Waals surface area (Å²) in [5, 5.41) is 0. The Labute approximate surface area is 84.1 Å². The van der Waals surface area contributed by atoms with Gasteiger partial charge in [-0.05, 0) is 48.2 Å². The van der Waals surface area contributed by atoms with Crippen LogP contribution in [-0.4, -0.2) is 34.9 Å². The van der Waals surface area contributed by atoms with Crippen LogP contribution in [0, 0.1) is 3.01 Å². The van der Waals surface area contributed by atoms with E-state index in [1.54, 1.807) is 0 Å². The second-order valence-electron chi connectivity index (χ2n) is 2.52. The number of rotatable bonds is 3. The van der Waals surface area contributed by atoms with E-state index in [-0.39, 0.29) is 0 Å². The van der Waals surface area contributed by atoms with E-state index in [1.807, 2.05) is 0 Å². The molecule has 0 bridgehead atoms. The standard InChI is InChI=1S/C6H10IN3S/c1-10(2)4-3-5-8-6(7)11-9-5/h3-4H2,1-2H3. The lowest BCUT2D eigenvalue weighted by molar-refractivity contribution is 0.410. The van der Waals surface area contributed by atoms with Crippen molar-refractivity contribution in [3.63, 3.8) is 0 Å². The summed E-state index contributed by atoms with van der Waals surface area (Å²) in [6, 6.07) is 0. The number of nitrogens with zero attached hydrogens (tertiary/aromatic N) is 3. The van der Waals surface area contributed by atoms with E-state index in [1.165, 1.54) is 11.5 Å². The van der Waals surface area contributed by atoms with Gasteiger partial charge in [0.1, 0.15) is 5.82 Å². The molecule has 1 heterocycles. The summed E-state index contributed by atoms with van der Waals surface area (Å²) in [5.41, 5.74) is 0. The molecule has 0 aliphatic rings. The van der Waals surface area contributed by atoms with Crippen LogP contribution in [0.5, 0.6) is 0 Å². The van der Waals surface area contributed by atoms with Crippen LogP contribution < -0.4 is 0 Å². The van der Waals surface area contributed by atoms with E-state index in [4.69, 9.17) is 0 Å². The zero-order valence-corrected chi connectivity index (χ0v) is 9.52. The van der Waals surface area contributed by atoms with E-state index in [2.05, 4.69) is 50.9 Å². The molecule has 0 saturated heterocycles. The highest BCUT2D eigenvalue weighted by molar-refractivity contribution is 14.1. The monoisotopic (exact) mass is 283 g/mol. The summed E-state index contributed by atoms with van der Waals surface area (Å²) in [6.07, 6.45) is 0.951. The molecule has 0 N–H and O–H groups in total. The van der Waals surface area contributed by atoms with Crippen molar-refractivity contribution in [2.24, 2.45) is 0 Å². The fourth-order valence-electron chi connectivity index (χ4n) is 0.658. The number of likely N-dealkylation sites (N-methyl/N-ethyl adjacent to an activating group) is 1. The van der Waals surface area contributed by atoms with Crippen molar-refractivity contribution in [1.29, 1.82) is 0 Å². The predicted molar refractivity (Wildman–Crippen MR) is 54.9 cm³/mol. The van der Waals surface area contributed by atoms with Gasteiger partial charge in [-0.2, -0.15) is 4.37 Å². The third kappa shape index (κ3) is 3.44. The summed E-state index contributed by atoms with van der Waals surface area (Å²) in [5.74, 6) is 0.966. The summed E-state index contributed by atoms with van der Waals surface area (Å²) < 4.78 is 5.21. The van der Waals surface area contributed by atoms with Crippen molar-refractivity contribution in [3.8, 4) is 0 Å². The van der Waals surface area contributed by atoms with E-state index in [0.29, 0.717) is 0 Å². The first kappa shape index (κ1) is 9.34. The SMILES string of the molecule is CN(C)CCc1nsc(I)n1. The molecule has 1 aromatic rings. The maximum absolute atomic E-state index is 4.25. The van der Waals surface area contributed by atoms with Gasteiger partial charge in [-0.1, -0.05) is 0 Å². The number of hydrogen-bond acceptors (Lipinski definition) is 4. The van der Waals surface area contributed by atoms with Gasteiger partial charge in [0.25, 0.3) is 0 Å². The van der Waals surface area contributed by atoms with E-state index in [9.17, 15) is 0 Å². The number of hydrogen-bond donors (Lipinski definition) is 0. The van der Waals surface area contributed by atoms with Gasteiger partial charge in [-0.25, -0.2) is 4.98 Å². The van der Waals surface area contributed by atoms with E-state index in [0.717, 1.165) is 21.8 Å². The van der Waals surface area contributed by atoms with Crippen molar-refractivity contribution in [1.82, 2.24) is 14.3 Å². The molecule has 0 aliphatic heterocycles. The quantitative estimate of drug-likeness (QED) is 0.782. The highest BCUT2D eigenvalue weighted by atomic mass is 127. The molecular weight excluding hydrogens is 273 g/mol. The first-order valence-electron chi connectivity index (χ1n) is 3.31. The molecule has 5 heteroatoms. The van der Waals surface area contributed by atoms with Crippen molar-refractivity contribution < 1.29 is 0 Å². The zero-order valence-electron chi connectivity index (χ0n) is 6.54. The molecule has 0 amide bonds. The van der Waals surface area contributed by atoms with Gasteiger partial charge in [-0.3, -0.25) is 0 Å². The summed E-state index contributed by atoms with van der Waals surface area (Å²) in [7, 11) is 4.11. The molecule has 0 radical (unpaired) electrons. The Hall–Kier alpha value is 0.250. The molecule has 0 atom stereocenters. The topological polar surface area (TPSA) is 29.0 Å². The molecule has 1 rings (SSSR count). The highest BCUT2D eigenvalue weighted by Gasteiger charge is 2.00. The molecular formula is C6H10IN3S. The van der Waals surface area contributed by atoms with Crippen LogP contribution in [0.15, 0.2) is 0 Å². The minimum absolute atomic E-state index is 0.951. The molecule has 11 heavy (non-hydrogen) atoms. The lowest BCUT2D eigenvalue weighted by atomic mass is 10.4. The molecule has 62 valence electrons. The van der Waals surface area contributed by atoms with Gasteiger partial charge in [0.05, 0.1) is 0 Å². The second-order valence-corrected chi connectivity index (χ2v) is 5.02. The van der Waals surface area contributed by atoms with E-state index < -0.39 is 0 Å². The van der Waals surface area contributed by atoms with Crippen LogP contribution in [0.2, 0.25) is 0 Å². The van der Waals surface area contributed by atoms with E-state index >= 15 is 0 Å². The predicted octanol–water partition coefficient (Wildman–Crippen LogP) is 1.25. The molecule has 0 aromatic carbocycles. The Morgan fingerprint density at radius 1 is 1.55 bits per heavy atom. The average Bonchev–Trinajstić information content (AvgIpc) is 2.31. The first-order chi connectivity index (χ1) is 5.18. The Balaban J connectivity index is 2.39. The zero-order chi connectivity index (χ0) is 8.27. The maximum Gasteiger partial charge on any atom is 0.173 e. The third-order valence-electron chi connectivity index (χ3n) is 1.23. The van der Waals surface area contributed by atoms with Gasteiger partial charge in [-0.15, -0.1) is 0 Å². The maximum atomic E-state index is 4.25. The van der Waals surface area contributed by atoms with Gasteiger partial charge in [0.15, 0.2) is 3.01 Å². The van der Waals surface area contributed by atoms with Crippen molar-refractivity contribution in [3.05, 3.63) is 8.84 Å². The Morgan fingerprint density at radius 3 is 2.73 bits per heavy atom. The lowest BCUT2D eigenvalue weighted by Gasteiger charge is -2.05. The van der Waals surface area contributed by atoms with Crippen molar-refractivity contribution in [2.45, 2.75) is 6.42 Å². The fraction of sp³-hybridized carbons (Fsp3) is 0.667. The first-order valence-corrected chi connectivity index (χ1v) is 5.16.